The summed E-state index contributed by atoms with van der Waals surface area (Å²) in [6.07, 6.45) is 0. The molecule has 3 heteroatoms. The fraction of sp³-hybridized carbons (Fsp3) is 0.533. The zero-order valence-electron chi connectivity index (χ0n) is 11.8. The number of benzene rings is 1. The summed E-state index contributed by atoms with van der Waals surface area (Å²) in [5.41, 5.74) is 9.50. The molecular weight excluding hydrogens is 224 g/mol. The van der Waals surface area contributed by atoms with E-state index in [0.717, 1.165) is 11.3 Å². The molecule has 0 aromatic heterocycles. The number of methoxy groups -OCH3 is 1. The van der Waals surface area contributed by atoms with Crippen LogP contribution in [0.15, 0.2) is 12.1 Å². The van der Waals surface area contributed by atoms with Crippen LogP contribution in [0.5, 0.6) is 5.75 Å². The monoisotopic (exact) mass is 246 g/mol. The zero-order valence-corrected chi connectivity index (χ0v) is 11.8. The lowest BCUT2D eigenvalue weighted by atomic mass is 9.85. The van der Waals surface area contributed by atoms with Gasteiger partial charge in [0.05, 0.1) is 19.1 Å². The molecule has 18 heavy (non-hydrogen) atoms. The highest BCUT2D eigenvalue weighted by Crippen LogP contribution is 2.33. The van der Waals surface area contributed by atoms with Crippen molar-refractivity contribution >= 4 is 0 Å². The Labute approximate surface area is 110 Å². The fourth-order valence-electron chi connectivity index (χ4n) is 2.09. The highest BCUT2D eigenvalue weighted by atomic mass is 16.5. The second kappa shape index (κ2) is 5.88. The maximum absolute atomic E-state index is 9.24. The number of nitriles is 1. The van der Waals surface area contributed by atoms with Crippen LogP contribution in [-0.2, 0) is 0 Å². The molecule has 0 aliphatic rings. The molecule has 0 fully saturated rings. The van der Waals surface area contributed by atoms with Gasteiger partial charge in [0.25, 0.3) is 0 Å². The summed E-state index contributed by atoms with van der Waals surface area (Å²) in [4.78, 5) is 0. The Bertz CT molecular complexity index is 460. The van der Waals surface area contributed by atoms with E-state index in [-0.39, 0.29) is 17.9 Å². The van der Waals surface area contributed by atoms with Crippen molar-refractivity contribution in [3.8, 4) is 11.8 Å². The number of nitrogens with zero attached hydrogens (tertiary/aromatic N) is 1. The molecule has 0 heterocycles. The van der Waals surface area contributed by atoms with Crippen molar-refractivity contribution in [2.45, 2.75) is 33.7 Å². The summed E-state index contributed by atoms with van der Waals surface area (Å²) in [5.74, 6) is 0.781. The van der Waals surface area contributed by atoms with Gasteiger partial charge in [-0.15, -0.1) is 0 Å². The lowest BCUT2D eigenvalue weighted by Crippen LogP contribution is -2.25. The average molecular weight is 246 g/mol. The van der Waals surface area contributed by atoms with E-state index >= 15 is 0 Å². The summed E-state index contributed by atoms with van der Waals surface area (Å²) in [6, 6.07) is 6.01. The highest BCUT2D eigenvalue weighted by Gasteiger charge is 2.25. The topological polar surface area (TPSA) is 59.0 Å². The highest BCUT2D eigenvalue weighted by molar-refractivity contribution is 5.44. The first-order valence-electron chi connectivity index (χ1n) is 6.22. The van der Waals surface area contributed by atoms with E-state index in [1.807, 2.05) is 39.8 Å². The van der Waals surface area contributed by atoms with Crippen molar-refractivity contribution in [2.24, 2.45) is 17.6 Å². The van der Waals surface area contributed by atoms with Crippen LogP contribution in [0, 0.1) is 37.0 Å². The van der Waals surface area contributed by atoms with Gasteiger partial charge in [0, 0.05) is 11.6 Å². The fourth-order valence-corrected chi connectivity index (χ4v) is 2.09. The standard InChI is InChI=1S/C15H22N2O/c1-9(2)13(8-16)15(17)12-6-10(3)11(4)7-14(12)18-5/h6-7,9,13,15H,17H2,1-5H3. The van der Waals surface area contributed by atoms with Crippen molar-refractivity contribution in [1.29, 1.82) is 5.26 Å². The quantitative estimate of drug-likeness (QED) is 0.888. The van der Waals surface area contributed by atoms with Crippen LogP contribution in [0.3, 0.4) is 0 Å². The number of rotatable bonds is 4. The maximum atomic E-state index is 9.24. The van der Waals surface area contributed by atoms with Crippen LogP contribution in [-0.4, -0.2) is 7.11 Å². The van der Waals surface area contributed by atoms with Gasteiger partial charge in [0.1, 0.15) is 5.75 Å². The largest absolute Gasteiger partial charge is 0.496 e. The van der Waals surface area contributed by atoms with Crippen LogP contribution >= 0.6 is 0 Å². The van der Waals surface area contributed by atoms with Crippen LogP contribution in [0.4, 0.5) is 0 Å². The first-order chi connectivity index (χ1) is 8.42. The number of ether oxygens (including phenoxy) is 1. The second-order valence-corrected chi connectivity index (χ2v) is 5.10. The molecule has 0 spiro atoms. The van der Waals surface area contributed by atoms with Crippen molar-refractivity contribution in [3.63, 3.8) is 0 Å². The molecule has 2 unspecified atom stereocenters. The third-order valence-corrected chi connectivity index (χ3v) is 3.46. The van der Waals surface area contributed by atoms with Gasteiger partial charge >= 0.3 is 0 Å². The molecule has 1 aromatic carbocycles. The Hall–Kier alpha value is -1.53. The SMILES string of the molecule is COc1cc(C)c(C)cc1C(N)C(C#N)C(C)C. The predicted molar refractivity (Wildman–Crippen MR) is 73.3 cm³/mol. The minimum atomic E-state index is -0.316. The molecule has 0 aliphatic heterocycles. The molecule has 0 saturated heterocycles. The van der Waals surface area contributed by atoms with Gasteiger partial charge in [0.15, 0.2) is 0 Å². The Balaban J connectivity index is 3.24. The van der Waals surface area contributed by atoms with E-state index in [1.54, 1.807) is 7.11 Å². The first-order valence-corrected chi connectivity index (χ1v) is 6.22. The molecule has 1 aromatic rings. The Morgan fingerprint density at radius 3 is 2.22 bits per heavy atom. The molecule has 0 saturated carbocycles. The second-order valence-electron chi connectivity index (χ2n) is 5.10. The lowest BCUT2D eigenvalue weighted by Gasteiger charge is -2.24. The van der Waals surface area contributed by atoms with E-state index in [2.05, 4.69) is 6.07 Å². The van der Waals surface area contributed by atoms with E-state index in [4.69, 9.17) is 10.5 Å². The van der Waals surface area contributed by atoms with Crippen molar-refractivity contribution in [2.75, 3.05) is 7.11 Å². The molecule has 98 valence electrons. The number of nitrogens with two attached hydrogens (primary N) is 1. The first kappa shape index (κ1) is 14.5. The third kappa shape index (κ3) is 2.83. The number of hydrogen-bond acceptors (Lipinski definition) is 3. The van der Waals surface area contributed by atoms with E-state index in [0.29, 0.717) is 0 Å². The third-order valence-electron chi connectivity index (χ3n) is 3.46. The minimum Gasteiger partial charge on any atom is -0.496 e. The summed E-state index contributed by atoms with van der Waals surface area (Å²) in [5, 5.41) is 9.24. The van der Waals surface area contributed by atoms with Crippen LogP contribution in [0.1, 0.15) is 36.6 Å². The van der Waals surface area contributed by atoms with Gasteiger partial charge in [-0.2, -0.15) is 5.26 Å². The maximum Gasteiger partial charge on any atom is 0.123 e. The molecule has 3 nitrogen and oxygen atoms in total. The molecule has 1 rings (SSSR count). The predicted octanol–water partition coefficient (Wildman–Crippen LogP) is 3.11. The Morgan fingerprint density at radius 1 is 1.22 bits per heavy atom. The molecule has 0 radical (unpaired) electrons. The van der Waals surface area contributed by atoms with Gasteiger partial charge in [-0.25, -0.2) is 0 Å². The van der Waals surface area contributed by atoms with Crippen molar-refractivity contribution in [3.05, 3.63) is 28.8 Å². The lowest BCUT2D eigenvalue weighted by molar-refractivity contribution is 0.372. The van der Waals surface area contributed by atoms with E-state index in [9.17, 15) is 5.26 Å². The van der Waals surface area contributed by atoms with E-state index < -0.39 is 0 Å². The molecule has 0 aliphatic carbocycles. The van der Waals surface area contributed by atoms with Crippen molar-refractivity contribution in [1.82, 2.24) is 0 Å². The molecule has 0 bridgehead atoms. The molecule has 2 N–H and O–H groups in total. The number of aryl methyl sites for hydroxylation is 2. The smallest absolute Gasteiger partial charge is 0.123 e. The summed E-state index contributed by atoms with van der Waals surface area (Å²) in [7, 11) is 1.64. The minimum absolute atomic E-state index is 0.207. The van der Waals surface area contributed by atoms with Gasteiger partial charge in [-0.05, 0) is 37.0 Å². The molecule has 0 amide bonds. The summed E-state index contributed by atoms with van der Waals surface area (Å²) in [6.45, 7) is 8.11. The van der Waals surface area contributed by atoms with Crippen LogP contribution in [0.25, 0.3) is 0 Å². The summed E-state index contributed by atoms with van der Waals surface area (Å²) >= 11 is 0. The van der Waals surface area contributed by atoms with Gasteiger partial charge in [-0.1, -0.05) is 19.9 Å². The Kier molecular flexibility index (Phi) is 4.75. The van der Waals surface area contributed by atoms with Gasteiger partial charge in [-0.3, -0.25) is 0 Å². The van der Waals surface area contributed by atoms with Gasteiger partial charge < -0.3 is 10.5 Å². The average Bonchev–Trinajstić information content (AvgIpc) is 2.32. The Morgan fingerprint density at radius 2 is 1.78 bits per heavy atom. The van der Waals surface area contributed by atoms with Crippen LogP contribution < -0.4 is 10.5 Å². The zero-order chi connectivity index (χ0) is 13.9. The van der Waals surface area contributed by atoms with E-state index in [1.165, 1.54) is 11.1 Å². The van der Waals surface area contributed by atoms with Crippen molar-refractivity contribution < 1.29 is 4.74 Å². The summed E-state index contributed by atoms with van der Waals surface area (Å²) < 4.78 is 5.39. The molecular formula is C15H22N2O. The van der Waals surface area contributed by atoms with Gasteiger partial charge in [0.2, 0.25) is 0 Å². The normalized spacial score (nSPS) is 14.1. The molecule has 2 atom stereocenters. The van der Waals surface area contributed by atoms with Crippen LogP contribution in [0.2, 0.25) is 0 Å². The number of hydrogen-bond donors (Lipinski definition) is 1.